The monoisotopic (exact) mass is 289 g/mol. The number of para-hydroxylation sites is 1. The van der Waals surface area contributed by atoms with Crippen LogP contribution >= 0.6 is 0 Å². The Labute approximate surface area is 122 Å². The van der Waals surface area contributed by atoms with Gasteiger partial charge in [0.1, 0.15) is 11.6 Å². The topological polar surface area (TPSA) is 58.6 Å². The Morgan fingerprint density at radius 1 is 1.33 bits per heavy atom. The van der Waals surface area contributed by atoms with Crippen LogP contribution in [0.25, 0.3) is 0 Å². The third-order valence-electron chi connectivity index (χ3n) is 3.18. The number of phenolic OH excluding ortho intramolecular Hbond substituents is 1. The van der Waals surface area contributed by atoms with Gasteiger partial charge in [0.15, 0.2) is 0 Å². The first-order chi connectivity index (χ1) is 10.0. The highest BCUT2D eigenvalue weighted by Gasteiger charge is 2.13. The fraction of sp³-hybridized carbons (Fsp3) is 0.188. The Kier molecular flexibility index (Phi) is 4.42. The molecule has 2 aromatic carbocycles. The van der Waals surface area contributed by atoms with E-state index in [0.717, 1.165) is 11.1 Å². The SMILES string of the molecule is COC(=O)c1cc(NCc2cccc(C)c2O)ccc1F. The van der Waals surface area contributed by atoms with Gasteiger partial charge in [0.05, 0.1) is 12.7 Å². The molecular formula is C16H16FNO3. The van der Waals surface area contributed by atoms with Crippen molar-refractivity contribution in [1.82, 2.24) is 0 Å². The number of hydrogen-bond acceptors (Lipinski definition) is 4. The van der Waals surface area contributed by atoms with Crippen molar-refractivity contribution >= 4 is 11.7 Å². The number of esters is 1. The van der Waals surface area contributed by atoms with Crippen LogP contribution in [0.15, 0.2) is 36.4 Å². The normalized spacial score (nSPS) is 10.2. The number of anilines is 1. The van der Waals surface area contributed by atoms with E-state index < -0.39 is 11.8 Å². The molecule has 0 aliphatic heterocycles. The van der Waals surface area contributed by atoms with Crippen LogP contribution in [0.1, 0.15) is 21.5 Å². The maximum Gasteiger partial charge on any atom is 0.340 e. The number of ether oxygens (including phenoxy) is 1. The molecule has 0 saturated heterocycles. The van der Waals surface area contributed by atoms with Gasteiger partial charge in [-0.3, -0.25) is 0 Å². The summed E-state index contributed by atoms with van der Waals surface area (Å²) in [5.74, 6) is -1.14. The number of methoxy groups -OCH3 is 1. The maximum absolute atomic E-state index is 13.5. The van der Waals surface area contributed by atoms with Gasteiger partial charge < -0.3 is 15.2 Å². The first-order valence-corrected chi connectivity index (χ1v) is 6.42. The number of aryl methyl sites for hydroxylation is 1. The molecule has 2 aromatic rings. The van der Waals surface area contributed by atoms with Crippen LogP contribution in [-0.2, 0) is 11.3 Å². The van der Waals surface area contributed by atoms with Gasteiger partial charge in [-0.15, -0.1) is 0 Å². The molecule has 0 aliphatic rings. The minimum Gasteiger partial charge on any atom is -0.507 e. The largest absolute Gasteiger partial charge is 0.507 e. The van der Waals surface area contributed by atoms with Crippen molar-refractivity contribution in [2.24, 2.45) is 0 Å². The van der Waals surface area contributed by atoms with Crippen LogP contribution in [-0.4, -0.2) is 18.2 Å². The van der Waals surface area contributed by atoms with Crippen LogP contribution in [0.2, 0.25) is 0 Å². The van der Waals surface area contributed by atoms with Crippen molar-refractivity contribution in [3.8, 4) is 5.75 Å². The molecule has 0 bridgehead atoms. The number of halogens is 1. The third kappa shape index (κ3) is 3.31. The van der Waals surface area contributed by atoms with Gasteiger partial charge in [0, 0.05) is 17.8 Å². The Balaban J connectivity index is 2.17. The zero-order chi connectivity index (χ0) is 15.4. The Hall–Kier alpha value is -2.56. The molecule has 0 atom stereocenters. The third-order valence-corrected chi connectivity index (χ3v) is 3.18. The average molecular weight is 289 g/mol. The second-order valence-electron chi connectivity index (χ2n) is 4.62. The summed E-state index contributed by atoms with van der Waals surface area (Å²) in [4.78, 5) is 11.4. The van der Waals surface area contributed by atoms with Crippen molar-refractivity contribution in [2.75, 3.05) is 12.4 Å². The second-order valence-corrected chi connectivity index (χ2v) is 4.62. The average Bonchev–Trinajstić information content (AvgIpc) is 2.49. The molecule has 5 heteroatoms. The lowest BCUT2D eigenvalue weighted by atomic mass is 10.1. The van der Waals surface area contributed by atoms with Gasteiger partial charge in [0.25, 0.3) is 0 Å². The van der Waals surface area contributed by atoms with E-state index >= 15 is 0 Å². The van der Waals surface area contributed by atoms with Crippen molar-refractivity contribution in [3.05, 3.63) is 58.9 Å². The van der Waals surface area contributed by atoms with E-state index in [1.165, 1.54) is 25.3 Å². The van der Waals surface area contributed by atoms with Gasteiger partial charge in [-0.1, -0.05) is 18.2 Å². The summed E-state index contributed by atoms with van der Waals surface area (Å²) in [6.45, 7) is 2.17. The molecule has 0 heterocycles. The van der Waals surface area contributed by atoms with Crippen molar-refractivity contribution in [1.29, 1.82) is 0 Å². The predicted molar refractivity (Wildman–Crippen MR) is 77.9 cm³/mol. The maximum atomic E-state index is 13.5. The predicted octanol–water partition coefficient (Wildman–Crippen LogP) is 3.24. The second kappa shape index (κ2) is 6.26. The quantitative estimate of drug-likeness (QED) is 0.848. The van der Waals surface area contributed by atoms with Crippen LogP contribution in [0.5, 0.6) is 5.75 Å². The Morgan fingerprint density at radius 3 is 2.81 bits per heavy atom. The zero-order valence-electron chi connectivity index (χ0n) is 11.8. The number of carbonyl (C=O) groups is 1. The summed E-state index contributed by atoms with van der Waals surface area (Å²) in [6, 6.07) is 9.55. The number of aromatic hydroxyl groups is 1. The number of rotatable bonds is 4. The molecule has 110 valence electrons. The molecule has 0 unspecified atom stereocenters. The molecule has 0 aromatic heterocycles. The minimum absolute atomic E-state index is 0.129. The lowest BCUT2D eigenvalue weighted by Gasteiger charge is -2.11. The van der Waals surface area contributed by atoms with E-state index in [0.29, 0.717) is 12.2 Å². The van der Waals surface area contributed by atoms with E-state index in [2.05, 4.69) is 10.1 Å². The first kappa shape index (κ1) is 14.8. The molecule has 4 nitrogen and oxygen atoms in total. The molecule has 0 aliphatic carbocycles. The van der Waals surface area contributed by atoms with Gasteiger partial charge >= 0.3 is 5.97 Å². The van der Waals surface area contributed by atoms with Crippen LogP contribution in [0, 0.1) is 12.7 Å². The van der Waals surface area contributed by atoms with E-state index in [4.69, 9.17) is 0 Å². The number of benzene rings is 2. The summed E-state index contributed by atoms with van der Waals surface area (Å²) in [5, 5.41) is 13.0. The van der Waals surface area contributed by atoms with Gasteiger partial charge in [-0.2, -0.15) is 0 Å². The molecule has 21 heavy (non-hydrogen) atoms. The van der Waals surface area contributed by atoms with E-state index in [1.807, 2.05) is 19.1 Å². The molecule has 0 radical (unpaired) electrons. The number of carbonyl (C=O) groups excluding carboxylic acids is 1. The van der Waals surface area contributed by atoms with Crippen molar-refractivity contribution < 1.29 is 19.0 Å². The van der Waals surface area contributed by atoms with E-state index in [-0.39, 0.29) is 11.3 Å². The van der Waals surface area contributed by atoms with Crippen LogP contribution in [0.3, 0.4) is 0 Å². The molecule has 2 N–H and O–H groups in total. The summed E-state index contributed by atoms with van der Waals surface area (Å²) in [7, 11) is 1.20. The highest BCUT2D eigenvalue weighted by Crippen LogP contribution is 2.23. The molecule has 0 fully saturated rings. The van der Waals surface area contributed by atoms with E-state index in [9.17, 15) is 14.3 Å². The number of nitrogens with one attached hydrogen (secondary N) is 1. The highest BCUT2D eigenvalue weighted by molar-refractivity contribution is 5.90. The number of phenols is 1. The molecule has 0 saturated carbocycles. The summed E-state index contributed by atoms with van der Waals surface area (Å²) in [6.07, 6.45) is 0. The summed E-state index contributed by atoms with van der Waals surface area (Å²) >= 11 is 0. The van der Waals surface area contributed by atoms with E-state index in [1.54, 1.807) is 6.07 Å². The summed E-state index contributed by atoms with van der Waals surface area (Å²) in [5.41, 5.74) is 1.94. The van der Waals surface area contributed by atoms with Gasteiger partial charge in [0.2, 0.25) is 0 Å². The molecule has 2 rings (SSSR count). The lowest BCUT2D eigenvalue weighted by Crippen LogP contribution is -2.06. The van der Waals surface area contributed by atoms with Crippen LogP contribution in [0.4, 0.5) is 10.1 Å². The van der Waals surface area contributed by atoms with Crippen molar-refractivity contribution in [3.63, 3.8) is 0 Å². The Bertz CT molecular complexity index is 671. The first-order valence-electron chi connectivity index (χ1n) is 6.42. The van der Waals surface area contributed by atoms with Gasteiger partial charge in [-0.05, 0) is 30.7 Å². The molecular weight excluding hydrogens is 273 g/mol. The smallest absolute Gasteiger partial charge is 0.340 e. The standard InChI is InChI=1S/C16H16FNO3/c1-10-4-3-5-11(15(10)19)9-18-12-6-7-14(17)13(8-12)16(20)21-2/h3-8,18-19H,9H2,1-2H3. The lowest BCUT2D eigenvalue weighted by molar-refractivity contribution is 0.0595. The molecule has 0 spiro atoms. The number of hydrogen-bond donors (Lipinski definition) is 2. The fourth-order valence-corrected chi connectivity index (χ4v) is 1.96. The van der Waals surface area contributed by atoms with Crippen LogP contribution < -0.4 is 5.32 Å². The minimum atomic E-state index is -0.727. The highest BCUT2D eigenvalue weighted by atomic mass is 19.1. The van der Waals surface area contributed by atoms with Gasteiger partial charge in [-0.25, -0.2) is 9.18 Å². The summed E-state index contributed by atoms with van der Waals surface area (Å²) < 4.78 is 18.0. The zero-order valence-corrected chi connectivity index (χ0v) is 11.8. The molecule has 0 amide bonds. The fourth-order valence-electron chi connectivity index (χ4n) is 1.96. The van der Waals surface area contributed by atoms with Crippen molar-refractivity contribution in [2.45, 2.75) is 13.5 Å². The Morgan fingerprint density at radius 2 is 2.10 bits per heavy atom.